The molecule has 1 amide bonds. The quantitative estimate of drug-likeness (QED) is 0.846. The third kappa shape index (κ3) is 2.49. The van der Waals surface area contributed by atoms with Crippen LogP contribution in [0.5, 0.6) is 5.75 Å². The highest BCUT2D eigenvalue weighted by atomic mass is 79.9. The van der Waals surface area contributed by atoms with Crippen molar-refractivity contribution in [2.75, 3.05) is 6.54 Å². The van der Waals surface area contributed by atoms with Gasteiger partial charge in [-0.3, -0.25) is 15.1 Å². The van der Waals surface area contributed by atoms with Crippen LogP contribution in [-0.2, 0) is 10.3 Å². The lowest BCUT2D eigenvalue weighted by Gasteiger charge is -2.42. The number of guanidine groups is 1. The molecule has 3 rings (SSSR count). The number of halogens is 1. The number of benzene rings is 1. The van der Waals surface area contributed by atoms with E-state index in [4.69, 9.17) is 4.74 Å². The van der Waals surface area contributed by atoms with Crippen LogP contribution in [-0.4, -0.2) is 24.0 Å². The minimum atomic E-state index is -0.826. The molecule has 1 fully saturated rings. The zero-order valence-electron chi connectivity index (χ0n) is 13.0. The van der Waals surface area contributed by atoms with Crippen molar-refractivity contribution in [3.8, 4) is 5.75 Å². The van der Waals surface area contributed by atoms with E-state index < -0.39 is 11.1 Å². The molecule has 0 radical (unpaired) electrons. The number of nitrogens with one attached hydrogen (secondary N) is 2. The summed E-state index contributed by atoms with van der Waals surface area (Å²) in [5, 5.41) is 6.19. The zero-order valence-corrected chi connectivity index (χ0v) is 14.6. The second-order valence-corrected chi connectivity index (χ2v) is 7.31. The van der Waals surface area contributed by atoms with Gasteiger partial charge in [-0.1, -0.05) is 22.9 Å². The number of aliphatic imine (C=N–C) groups is 1. The van der Waals surface area contributed by atoms with Crippen LogP contribution < -0.4 is 15.4 Å². The molecule has 1 aromatic carbocycles. The van der Waals surface area contributed by atoms with Crippen LogP contribution in [0.4, 0.5) is 0 Å². The summed E-state index contributed by atoms with van der Waals surface area (Å²) in [4.78, 5) is 17.2. The van der Waals surface area contributed by atoms with Crippen LogP contribution in [0.15, 0.2) is 27.7 Å². The molecule has 2 N–H and O–H groups in total. The SMILES string of the molecule is CCCN=C1NC(=O)[C@]2(CC(C)(C)Oc3ccc(Br)cc32)N1. The predicted molar refractivity (Wildman–Crippen MR) is 89.0 cm³/mol. The molecule has 22 heavy (non-hydrogen) atoms. The molecule has 1 aromatic rings. The smallest absolute Gasteiger partial charge is 0.257 e. The molecular formula is C16H20BrN3O2. The molecule has 0 saturated carbocycles. The molecular weight excluding hydrogens is 346 g/mol. The standard InChI is InChI=1S/C16H20BrN3O2/c1-4-7-18-14-19-13(21)16(20-14)9-15(2,3)22-12-6-5-10(17)8-11(12)16/h5-6,8H,4,7,9H2,1-3H3,(H2,18,19,20,21)/t16-/m1/s1. The molecule has 2 heterocycles. The van der Waals surface area contributed by atoms with E-state index in [9.17, 15) is 4.79 Å². The van der Waals surface area contributed by atoms with Crippen molar-refractivity contribution in [3.05, 3.63) is 28.2 Å². The summed E-state index contributed by atoms with van der Waals surface area (Å²) in [7, 11) is 0. The molecule has 0 aliphatic carbocycles. The average Bonchev–Trinajstić information content (AvgIpc) is 2.73. The van der Waals surface area contributed by atoms with Crippen molar-refractivity contribution in [3.63, 3.8) is 0 Å². The lowest BCUT2D eigenvalue weighted by atomic mass is 9.77. The first kappa shape index (κ1) is 15.3. The van der Waals surface area contributed by atoms with Gasteiger partial charge in [-0.25, -0.2) is 0 Å². The van der Waals surface area contributed by atoms with Crippen LogP contribution >= 0.6 is 15.9 Å². The Labute approximate surface area is 138 Å². The van der Waals surface area contributed by atoms with Gasteiger partial charge in [0.15, 0.2) is 11.5 Å². The number of carbonyl (C=O) groups excluding carboxylic acids is 1. The first-order valence-electron chi connectivity index (χ1n) is 7.49. The summed E-state index contributed by atoms with van der Waals surface area (Å²) in [6.45, 7) is 6.73. The number of amides is 1. The monoisotopic (exact) mass is 365 g/mol. The van der Waals surface area contributed by atoms with Gasteiger partial charge in [0.05, 0.1) is 0 Å². The number of ether oxygens (including phenoxy) is 1. The zero-order chi connectivity index (χ0) is 16.0. The second kappa shape index (κ2) is 5.26. The summed E-state index contributed by atoms with van der Waals surface area (Å²) in [6, 6.07) is 5.77. The van der Waals surface area contributed by atoms with E-state index >= 15 is 0 Å². The van der Waals surface area contributed by atoms with Gasteiger partial charge >= 0.3 is 0 Å². The highest BCUT2D eigenvalue weighted by molar-refractivity contribution is 9.10. The van der Waals surface area contributed by atoms with Crippen molar-refractivity contribution in [1.82, 2.24) is 10.6 Å². The first-order chi connectivity index (χ1) is 10.4. The predicted octanol–water partition coefficient (Wildman–Crippen LogP) is 2.69. The average molecular weight is 366 g/mol. The van der Waals surface area contributed by atoms with Gasteiger partial charge in [0.2, 0.25) is 0 Å². The van der Waals surface area contributed by atoms with Crippen LogP contribution in [0, 0.1) is 0 Å². The highest BCUT2D eigenvalue weighted by Gasteiger charge is 2.54. The summed E-state index contributed by atoms with van der Waals surface area (Å²) in [5.74, 6) is 1.22. The summed E-state index contributed by atoms with van der Waals surface area (Å²) in [6.07, 6.45) is 1.48. The van der Waals surface area contributed by atoms with Gasteiger partial charge in [-0.15, -0.1) is 0 Å². The number of hydrogen-bond acceptors (Lipinski definition) is 3. The Morgan fingerprint density at radius 3 is 2.91 bits per heavy atom. The summed E-state index contributed by atoms with van der Waals surface area (Å²) < 4.78 is 6.96. The molecule has 2 aliphatic rings. The summed E-state index contributed by atoms with van der Waals surface area (Å²) in [5.41, 5.74) is -0.417. The highest BCUT2D eigenvalue weighted by Crippen LogP contribution is 2.45. The number of rotatable bonds is 2. The van der Waals surface area contributed by atoms with E-state index in [0.717, 1.165) is 22.2 Å². The molecule has 0 bridgehead atoms. The van der Waals surface area contributed by atoms with E-state index in [0.29, 0.717) is 18.9 Å². The van der Waals surface area contributed by atoms with Gasteiger partial charge in [0.25, 0.3) is 5.91 Å². The van der Waals surface area contributed by atoms with E-state index in [2.05, 4.69) is 38.5 Å². The Hall–Kier alpha value is -1.56. The van der Waals surface area contributed by atoms with Gasteiger partial charge in [0, 0.05) is 23.0 Å². The molecule has 5 nitrogen and oxygen atoms in total. The van der Waals surface area contributed by atoms with Crippen LogP contribution in [0.3, 0.4) is 0 Å². The van der Waals surface area contributed by atoms with Crippen LogP contribution in [0.2, 0.25) is 0 Å². The number of carbonyl (C=O) groups is 1. The number of nitrogens with zero attached hydrogens (tertiary/aromatic N) is 1. The second-order valence-electron chi connectivity index (χ2n) is 6.39. The Morgan fingerprint density at radius 1 is 1.41 bits per heavy atom. The minimum absolute atomic E-state index is 0.0712. The number of hydrogen-bond donors (Lipinski definition) is 2. The molecule has 118 valence electrons. The Morgan fingerprint density at radius 2 is 2.18 bits per heavy atom. The van der Waals surface area contributed by atoms with Crippen LogP contribution in [0.1, 0.15) is 39.2 Å². The van der Waals surface area contributed by atoms with Crippen molar-refractivity contribution < 1.29 is 9.53 Å². The molecule has 1 atom stereocenters. The molecule has 1 saturated heterocycles. The first-order valence-corrected chi connectivity index (χ1v) is 8.29. The lowest BCUT2D eigenvalue weighted by molar-refractivity contribution is -0.127. The largest absolute Gasteiger partial charge is 0.487 e. The molecule has 0 aromatic heterocycles. The fourth-order valence-corrected chi connectivity index (χ4v) is 3.47. The van der Waals surface area contributed by atoms with Crippen molar-refractivity contribution in [2.24, 2.45) is 4.99 Å². The van der Waals surface area contributed by atoms with Crippen molar-refractivity contribution >= 4 is 27.8 Å². The maximum atomic E-state index is 12.8. The van der Waals surface area contributed by atoms with Crippen molar-refractivity contribution in [1.29, 1.82) is 0 Å². The normalized spacial score (nSPS) is 27.3. The topological polar surface area (TPSA) is 62.7 Å². The fraction of sp³-hybridized carbons (Fsp3) is 0.500. The molecule has 6 heteroatoms. The molecule has 2 aliphatic heterocycles. The van der Waals surface area contributed by atoms with E-state index in [1.54, 1.807) is 0 Å². The van der Waals surface area contributed by atoms with Crippen molar-refractivity contribution in [2.45, 2.75) is 44.8 Å². The minimum Gasteiger partial charge on any atom is -0.487 e. The Kier molecular flexibility index (Phi) is 3.67. The summed E-state index contributed by atoms with van der Waals surface area (Å²) >= 11 is 3.48. The third-order valence-electron chi connectivity index (χ3n) is 3.92. The Balaban J connectivity index is 2.10. The fourth-order valence-electron chi connectivity index (χ4n) is 3.11. The van der Waals surface area contributed by atoms with Gasteiger partial charge in [-0.2, -0.15) is 0 Å². The lowest BCUT2D eigenvalue weighted by Crippen LogP contribution is -2.53. The maximum absolute atomic E-state index is 12.8. The van der Waals surface area contributed by atoms with Crippen LogP contribution in [0.25, 0.3) is 0 Å². The van der Waals surface area contributed by atoms with E-state index in [-0.39, 0.29) is 5.91 Å². The molecule has 0 unspecified atom stereocenters. The number of fused-ring (bicyclic) bond motifs is 2. The third-order valence-corrected chi connectivity index (χ3v) is 4.42. The van der Waals surface area contributed by atoms with E-state index in [1.807, 2.05) is 32.0 Å². The molecule has 1 spiro atoms. The van der Waals surface area contributed by atoms with Gasteiger partial charge < -0.3 is 10.1 Å². The maximum Gasteiger partial charge on any atom is 0.257 e. The Bertz CT molecular complexity index is 657. The van der Waals surface area contributed by atoms with Gasteiger partial charge in [0.1, 0.15) is 11.4 Å². The van der Waals surface area contributed by atoms with E-state index in [1.165, 1.54) is 0 Å². The van der Waals surface area contributed by atoms with Gasteiger partial charge in [-0.05, 0) is 38.5 Å².